The van der Waals surface area contributed by atoms with E-state index in [0.29, 0.717) is 0 Å². The lowest BCUT2D eigenvalue weighted by Crippen LogP contribution is -2.42. The summed E-state index contributed by atoms with van der Waals surface area (Å²) in [5.74, 6) is -0.754. The van der Waals surface area contributed by atoms with Crippen LogP contribution >= 0.6 is 12.4 Å². The minimum absolute atomic E-state index is 0. The van der Waals surface area contributed by atoms with Gasteiger partial charge in [0.05, 0.1) is 25.1 Å². The molecule has 124 valence electrons. The van der Waals surface area contributed by atoms with E-state index >= 15 is 0 Å². The van der Waals surface area contributed by atoms with E-state index in [1.807, 2.05) is 37.3 Å². The molecule has 0 radical (unpaired) electrons. The molecule has 4 N–H and O–H groups in total. The molecule has 0 aromatic heterocycles. The van der Waals surface area contributed by atoms with Gasteiger partial charge in [0.1, 0.15) is 0 Å². The number of primary amides is 1. The first-order valence-electron chi connectivity index (χ1n) is 6.85. The smallest absolute Gasteiger partial charge is 0.237 e. The normalized spacial score (nSPS) is 12.9. The van der Waals surface area contributed by atoms with Gasteiger partial charge < -0.3 is 21.1 Å². The number of rotatable bonds is 8. The topological polar surface area (TPSA) is 98.7 Å². The molecular weight excluding hydrogens is 306 g/mol. The van der Waals surface area contributed by atoms with Crippen LogP contribution in [0.4, 0.5) is 0 Å². The number of benzene rings is 1. The largest absolute Gasteiger partial charge is 0.380 e. The summed E-state index contributed by atoms with van der Waals surface area (Å²) >= 11 is 0. The van der Waals surface area contributed by atoms with Crippen LogP contribution in [-0.4, -0.2) is 43.0 Å². The predicted molar refractivity (Wildman–Crippen MR) is 87.5 cm³/mol. The van der Waals surface area contributed by atoms with Crippen molar-refractivity contribution in [2.45, 2.75) is 25.5 Å². The van der Waals surface area contributed by atoms with Crippen molar-refractivity contribution in [3.63, 3.8) is 0 Å². The number of amides is 2. The molecule has 2 amide bonds. The molecule has 1 aromatic rings. The van der Waals surface area contributed by atoms with Crippen LogP contribution in [0.15, 0.2) is 30.3 Å². The molecule has 0 bridgehead atoms. The molecule has 2 atom stereocenters. The standard InChI is InChI=1S/C15H23N3O3.ClH/c1-11(12-6-4-3-5-7-12)18(10-14(17)19)15(20)8-13(9-16)21-2;/h3-7,11,13H,8-10,16H2,1-2H3,(H2,17,19);1H/t11-,13?;/m1./s1. The number of carbonyl (C=O) groups excluding carboxylic acids is 2. The molecule has 1 unspecified atom stereocenters. The van der Waals surface area contributed by atoms with Gasteiger partial charge in [-0.25, -0.2) is 0 Å². The quantitative estimate of drug-likeness (QED) is 0.738. The number of halogens is 1. The lowest BCUT2D eigenvalue weighted by Gasteiger charge is -2.29. The molecule has 0 spiro atoms. The van der Waals surface area contributed by atoms with Crippen molar-refractivity contribution >= 4 is 24.2 Å². The van der Waals surface area contributed by atoms with Gasteiger partial charge in [-0.15, -0.1) is 12.4 Å². The van der Waals surface area contributed by atoms with Crippen LogP contribution in [0.1, 0.15) is 24.9 Å². The zero-order chi connectivity index (χ0) is 15.8. The van der Waals surface area contributed by atoms with E-state index in [2.05, 4.69) is 0 Å². The molecule has 1 rings (SSSR count). The molecule has 0 saturated carbocycles. The van der Waals surface area contributed by atoms with Crippen LogP contribution in [0.5, 0.6) is 0 Å². The average molecular weight is 330 g/mol. The molecule has 1 aromatic carbocycles. The van der Waals surface area contributed by atoms with Gasteiger partial charge in [-0.1, -0.05) is 30.3 Å². The number of hydrogen-bond acceptors (Lipinski definition) is 4. The molecule has 22 heavy (non-hydrogen) atoms. The second kappa shape index (κ2) is 10.2. The third-order valence-electron chi connectivity index (χ3n) is 3.39. The lowest BCUT2D eigenvalue weighted by atomic mass is 10.1. The van der Waals surface area contributed by atoms with Crippen LogP contribution in [0.25, 0.3) is 0 Å². The van der Waals surface area contributed by atoms with Gasteiger partial charge in [-0.05, 0) is 12.5 Å². The van der Waals surface area contributed by atoms with Gasteiger partial charge in [0.15, 0.2) is 0 Å². The van der Waals surface area contributed by atoms with Gasteiger partial charge in [-0.2, -0.15) is 0 Å². The molecule has 0 saturated heterocycles. The Morgan fingerprint density at radius 2 is 1.86 bits per heavy atom. The van der Waals surface area contributed by atoms with Crippen molar-refractivity contribution in [2.24, 2.45) is 11.5 Å². The van der Waals surface area contributed by atoms with Gasteiger partial charge in [0.2, 0.25) is 11.8 Å². The minimum Gasteiger partial charge on any atom is -0.380 e. The summed E-state index contributed by atoms with van der Waals surface area (Å²) in [4.78, 5) is 25.1. The molecule has 0 heterocycles. The second-order valence-electron chi connectivity index (χ2n) is 4.87. The first kappa shape index (κ1) is 20.4. The highest BCUT2D eigenvalue weighted by atomic mass is 35.5. The van der Waals surface area contributed by atoms with Crippen molar-refractivity contribution in [1.29, 1.82) is 0 Å². The van der Waals surface area contributed by atoms with Crippen LogP contribution < -0.4 is 11.5 Å². The van der Waals surface area contributed by atoms with E-state index < -0.39 is 5.91 Å². The summed E-state index contributed by atoms with van der Waals surface area (Å²) < 4.78 is 5.12. The summed E-state index contributed by atoms with van der Waals surface area (Å²) in [6.45, 7) is 1.97. The SMILES string of the molecule is COC(CN)CC(=O)N(CC(N)=O)[C@H](C)c1ccccc1.Cl. The van der Waals surface area contributed by atoms with Crippen LogP contribution in [0, 0.1) is 0 Å². The zero-order valence-electron chi connectivity index (χ0n) is 12.9. The Hall–Kier alpha value is -1.63. The summed E-state index contributed by atoms with van der Waals surface area (Å²) in [5.41, 5.74) is 11.7. The Kier molecular flexibility index (Phi) is 9.40. The van der Waals surface area contributed by atoms with E-state index in [4.69, 9.17) is 16.2 Å². The number of methoxy groups -OCH3 is 1. The van der Waals surface area contributed by atoms with Crippen LogP contribution in [0.2, 0.25) is 0 Å². The van der Waals surface area contributed by atoms with E-state index in [0.717, 1.165) is 5.56 Å². The first-order valence-corrected chi connectivity index (χ1v) is 6.85. The highest BCUT2D eigenvalue weighted by Crippen LogP contribution is 2.21. The van der Waals surface area contributed by atoms with Crippen molar-refractivity contribution in [3.8, 4) is 0 Å². The summed E-state index contributed by atoms with van der Waals surface area (Å²) in [6.07, 6.45) is -0.242. The van der Waals surface area contributed by atoms with Crippen molar-refractivity contribution in [3.05, 3.63) is 35.9 Å². The average Bonchev–Trinajstić information content (AvgIpc) is 2.50. The van der Waals surface area contributed by atoms with E-state index in [1.54, 1.807) is 0 Å². The predicted octanol–water partition coefficient (Wildman–Crippen LogP) is 0.847. The molecule has 6 nitrogen and oxygen atoms in total. The Morgan fingerprint density at radius 1 is 1.27 bits per heavy atom. The van der Waals surface area contributed by atoms with Gasteiger partial charge in [-0.3, -0.25) is 9.59 Å². The third kappa shape index (κ3) is 6.01. The van der Waals surface area contributed by atoms with Crippen molar-refractivity contribution < 1.29 is 14.3 Å². The van der Waals surface area contributed by atoms with Crippen molar-refractivity contribution in [2.75, 3.05) is 20.2 Å². The van der Waals surface area contributed by atoms with E-state index in [9.17, 15) is 9.59 Å². The zero-order valence-corrected chi connectivity index (χ0v) is 13.7. The van der Waals surface area contributed by atoms with Crippen molar-refractivity contribution in [1.82, 2.24) is 4.90 Å². The maximum absolute atomic E-state index is 12.4. The fourth-order valence-electron chi connectivity index (χ4n) is 2.10. The fraction of sp³-hybridized carbons (Fsp3) is 0.467. The maximum atomic E-state index is 12.4. The Bertz CT molecular complexity index is 466. The number of nitrogens with two attached hydrogens (primary N) is 2. The van der Waals surface area contributed by atoms with E-state index in [-0.39, 0.29) is 50.0 Å². The Morgan fingerprint density at radius 3 is 2.32 bits per heavy atom. The maximum Gasteiger partial charge on any atom is 0.237 e. The van der Waals surface area contributed by atoms with Gasteiger partial charge in [0.25, 0.3) is 0 Å². The highest BCUT2D eigenvalue weighted by Gasteiger charge is 2.25. The Labute approximate surface area is 137 Å². The third-order valence-corrected chi connectivity index (χ3v) is 3.39. The second-order valence-corrected chi connectivity index (χ2v) is 4.87. The molecule has 0 aliphatic carbocycles. The van der Waals surface area contributed by atoms with Gasteiger partial charge >= 0.3 is 0 Å². The number of carbonyl (C=O) groups is 2. The number of hydrogen-bond donors (Lipinski definition) is 2. The van der Waals surface area contributed by atoms with E-state index in [1.165, 1.54) is 12.0 Å². The molecule has 0 aliphatic heterocycles. The Balaban J connectivity index is 0.00000441. The molecule has 0 aliphatic rings. The fourth-order valence-corrected chi connectivity index (χ4v) is 2.10. The molecular formula is C15H24ClN3O3. The summed E-state index contributed by atoms with van der Waals surface area (Å²) in [5, 5.41) is 0. The number of nitrogens with zero attached hydrogens (tertiary/aromatic N) is 1. The van der Waals surface area contributed by atoms with Crippen LogP contribution in [0.3, 0.4) is 0 Å². The van der Waals surface area contributed by atoms with Crippen LogP contribution in [-0.2, 0) is 14.3 Å². The summed E-state index contributed by atoms with van der Waals surface area (Å²) in [7, 11) is 1.50. The summed E-state index contributed by atoms with van der Waals surface area (Å²) in [6, 6.07) is 9.23. The van der Waals surface area contributed by atoms with Gasteiger partial charge in [0, 0.05) is 13.7 Å². The monoisotopic (exact) mass is 329 g/mol. The molecule has 7 heteroatoms. The molecule has 0 fully saturated rings. The minimum atomic E-state index is -0.548. The first-order chi connectivity index (χ1) is 9.99. The number of ether oxygens (including phenoxy) is 1. The highest BCUT2D eigenvalue weighted by molar-refractivity contribution is 5.85. The lowest BCUT2D eigenvalue weighted by molar-refractivity contribution is -0.139.